The normalized spacial score (nSPS) is 21.3. The quantitative estimate of drug-likeness (QED) is 0.539. The molecular weight excluding hydrogens is 296 g/mol. The van der Waals surface area contributed by atoms with E-state index in [2.05, 4.69) is 76.8 Å². The second kappa shape index (κ2) is 7.70. The fraction of sp³-hybridized carbons (Fsp3) is 0.273. The van der Waals surface area contributed by atoms with Crippen LogP contribution in [0, 0.1) is 0 Å². The number of allylic oxidation sites excluding steroid dienone is 8. The van der Waals surface area contributed by atoms with E-state index in [1.165, 1.54) is 38.3 Å². The van der Waals surface area contributed by atoms with Crippen LogP contribution in [0.25, 0.3) is 5.57 Å². The summed E-state index contributed by atoms with van der Waals surface area (Å²) >= 11 is 1.95. The maximum atomic E-state index is 4.00. The van der Waals surface area contributed by atoms with Crippen LogP contribution in [-0.2, 0) is 0 Å². The van der Waals surface area contributed by atoms with Gasteiger partial charge in [0.2, 0.25) is 0 Å². The fourth-order valence-electron chi connectivity index (χ4n) is 2.98. The number of thioether (sulfide) groups is 1. The third-order valence-corrected chi connectivity index (χ3v) is 5.57. The summed E-state index contributed by atoms with van der Waals surface area (Å²) in [5.74, 6) is 0. The molecule has 0 radical (unpaired) electrons. The molecule has 0 nitrogen and oxygen atoms in total. The third-order valence-electron chi connectivity index (χ3n) is 4.35. The van der Waals surface area contributed by atoms with Crippen molar-refractivity contribution in [2.24, 2.45) is 0 Å². The molecule has 1 heterocycles. The van der Waals surface area contributed by atoms with Crippen molar-refractivity contribution in [3.05, 3.63) is 83.0 Å². The van der Waals surface area contributed by atoms with Crippen molar-refractivity contribution in [2.45, 2.75) is 44.8 Å². The topological polar surface area (TPSA) is 0 Å². The summed E-state index contributed by atoms with van der Waals surface area (Å²) in [6.07, 6.45) is 8.54. The van der Waals surface area contributed by atoms with Crippen LogP contribution in [0.3, 0.4) is 0 Å². The lowest BCUT2D eigenvalue weighted by Gasteiger charge is -2.11. The van der Waals surface area contributed by atoms with Crippen molar-refractivity contribution in [3.63, 3.8) is 0 Å². The standard InChI is InChI=1S/C22H26S/c1-7-11-15(3)19(8-2)17(5)16(4)14-21-18(6)23-22-13-10-9-12-20(21)22/h7-14,18H,2H2,1,3-6H3. The average Bonchev–Trinajstić information content (AvgIpc) is 2.84. The van der Waals surface area contributed by atoms with Crippen molar-refractivity contribution in [1.82, 2.24) is 0 Å². The summed E-state index contributed by atoms with van der Waals surface area (Å²) in [4.78, 5) is 1.39. The Morgan fingerprint density at radius 3 is 2.48 bits per heavy atom. The Morgan fingerprint density at radius 1 is 1.13 bits per heavy atom. The molecule has 0 aromatic heterocycles. The highest BCUT2D eigenvalue weighted by atomic mass is 32.2. The van der Waals surface area contributed by atoms with Gasteiger partial charge in [0, 0.05) is 10.1 Å². The van der Waals surface area contributed by atoms with Crippen molar-refractivity contribution in [3.8, 4) is 0 Å². The molecule has 2 rings (SSSR count). The van der Waals surface area contributed by atoms with Crippen LogP contribution in [0.1, 0.15) is 40.2 Å². The molecular formula is C22H26S. The first-order valence-corrected chi connectivity index (χ1v) is 8.99. The van der Waals surface area contributed by atoms with E-state index in [1.54, 1.807) is 0 Å². The summed E-state index contributed by atoms with van der Waals surface area (Å²) in [5.41, 5.74) is 7.89. The van der Waals surface area contributed by atoms with E-state index >= 15 is 0 Å². The number of fused-ring (bicyclic) bond motifs is 1. The molecule has 1 atom stereocenters. The highest BCUT2D eigenvalue weighted by molar-refractivity contribution is 8.00. The van der Waals surface area contributed by atoms with E-state index in [-0.39, 0.29) is 0 Å². The third kappa shape index (κ3) is 3.79. The Kier molecular flexibility index (Phi) is 5.90. The van der Waals surface area contributed by atoms with Crippen molar-refractivity contribution < 1.29 is 0 Å². The van der Waals surface area contributed by atoms with Gasteiger partial charge in [-0.05, 0) is 74.1 Å². The molecule has 120 valence electrons. The molecule has 0 N–H and O–H groups in total. The van der Waals surface area contributed by atoms with E-state index in [0.717, 1.165) is 0 Å². The smallest absolute Gasteiger partial charge is 0.0322 e. The fourth-order valence-corrected chi connectivity index (χ4v) is 4.15. The van der Waals surface area contributed by atoms with Gasteiger partial charge in [0.15, 0.2) is 0 Å². The van der Waals surface area contributed by atoms with E-state index < -0.39 is 0 Å². The molecule has 0 fully saturated rings. The maximum absolute atomic E-state index is 4.00. The zero-order valence-electron chi connectivity index (χ0n) is 14.8. The molecule has 0 aliphatic carbocycles. The molecule has 1 aromatic carbocycles. The van der Waals surface area contributed by atoms with Gasteiger partial charge in [0.1, 0.15) is 0 Å². The van der Waals surface area contributed by atoms with Gasteiger partial charge in [0.05, 0.1) is 0 Å². The van der Waals surface area contributed by atoms with Gasteiger partial charge >= 0.3 is 0 Å². The minimum absolute atomic E-state index is 0.503. The van der Waals surface area contributed by atoms with Crippen molar-refractivity contribution in [1.29, 1.82) is 0 Å². The SMILES string of the molecule is C=CC(=C(C)C=CC)C(C)=C(C)C=C1c2ccccc2SC1C. The minimum atomic E-state index is 0.503. The molecule has 1 unspecified atom stereocenters. The van der Waals surface area contributed by atoms with Crippen LogP contribution in [0.4, 0.5) is 0 Å². The Balaban J connectivity index is 2.49. The van der Waals surface area contributed by atoms with Crippen LogP contribution in [0.5, 0.6) is 0 Å². The monoisotopic (exact) mass is 322 g/mol. The summed E-state index contributed by atoms with van der Waals surface area (Å²) < 4.78 is 0. The zero-order chi connectivity index (χ0) is 17.0. The Hall–Kier alpha value is -1.73. The minimum Gasteiger partial charge on any atom is -0.118 e. The number of benzene rings is 1. The van der Waals surface area contributed by atoms with E-state index in [0.29, 0.717) is 5.25 Å². The van der Waals surface area contributed by atoms with Gasteiger partial charge in [-0.2, -0.15) is 0 Å². The molecule has 23 heavy (non-hydrogen) atoms. The Labute approximate surface area is 145 Å². The largest absolute Gasteiger partial charge is 0.118 e. The van der Waals surface area contributed by atoms with E-state index in [9.17, 15) is 0 Å². The predicted octanol–water partition coefficient (Wildman–Crippen LogP) is 6.98. The number of hydrogen-bond acceptors (Lipinski definition) is 1. The van der Waals surface area contributed by atoms with E-state index in [1.807, 2.05) is 24.8 Å². The average molecular weight is 323 g/mol. The van der Waals surface area contributed by atoms with Crippen LogP contribution < -0.4 is 0 Å². The Morgan fingerprint density at radius 2 is 1.83 bits per heavy atom. The lowest BCUT2D eigenvalue weighted by molar-refractivity contribution is 1.25. The molecule has 0 saturated carbocycles. The van der Waals surface area contributed by atoms with Crippen LogP contribution in [-0.4, -0.2) is 5.25 Å². The summed E-state index contributed by atoms with van der Waals surface area (Å²) in [6.45, 7) is 14.9. The first kappa shape index (κ1) is 17.6. The van der Waals surface area contributed by atoms with Gasteiger partial charge in [-0.1, -0.05) is 49.1 Å². The van der Waals surface area contributed by atoms with Crippen molar-refractivity contribution >= 4 is 17.3 Å². The second-order valence-corrected chi connectivity index (χ2v) is 7.35. The van der Waals surface area contributed by atoms with Gasteiger partial charge in [-0.3, -0.25) is 0 Å². The zero-order valence-corrected chi connectivity index (χ0v) is 15.6. The summed E-state index contributed by atoms with van der Waals surface area (Å²) in [5, 5.41) is 0.503. The molecule has 0 spiro atoms. The van der Waals surface area contributed by atoms with Crippen molar-refractivity contribution in [2.75, 3.05) is 0 Å². The number of hydrogen-bond donors (Lipinski definition) is 0. The maximum Gasteiger partial charge on any atom is 0.0322 e. The molecule has 0 amide bonds. The Bertz CT molecular complexity index is 726. The number of rotatable bonds is 4. The molecule has 1 aliphatic rings. The van der Waals surface area contributed by atoms with Gasteiger partial charge in [0.25, 0.3) is 0 Å². The lowest BCUT2D eigenvalue weighted by Crippen LogP contribution is -1.95. The summed E-state index contributed by atoms with van der Waals surface area (Å²) in [7, 11) is 0. The molecule has 1 aromatic rings. The highest BCUT2D eigenvalue weighted by Gasteiger charge is 2.23. The van der Waals surface area contributed by atoms with Gasteiger partial charge in [-0.15, -0.1) is 11.8 Å². The second-order valence-electron chi connectivity index (χ2n) is 5.96. The first-order valence-electron chi connectivity index (χ1n) is 8.11. The lowest BCUT2D eigenvalue weighted by atomic mass is 9.94. The van der Waals surface area contributed by atoms with Crippen LogP contribution in [0.2, 0.25) is 0 Å². The van der Waals surface area contributed by atoms with E-state index in [4.69, 9.17) is 0 Å². The van der Waals surface area contributed by atoms with Gasteiger partial charge < -0.3 is 0 Å². The first-order chi connectivity index (χ1) is 11.0. The predicted molar refractivity (Wildman–Crippen MR) is 106 cm³/mol. The van der Waals surface area contributed by atoms with Crippen LogP contribution in [0.15, 0.2) is 82.3 Å². The molecule has 1 aliphatic heterocycles. The van der Waals surface area contributed by atoms with Gasteiger partial charge in [-0.25, -0.2) is 0 Å². The van der Waals surface area contributed by atoms with Crippen LogP contribution >= 0.6 is 11.8 Å². The molecule has 0 bridgehead atoms. The summed E-state index contributed by atoms with van der Waals surface area (Å²) in [6, 6.07) is 8.70. The highest BCUT2D eigenvalue weighted by Crippen LogP contribution is 2.45. The molecule has 0 saturated heterocycles. The molecule has 1 heteroatoms.